The highest BCUT2D eigenvalue weighted by molar-refractivity contribution is 5.78. The number of hydrogen-bond donors (Lipinski definition) is 0. The van der Waals surface area contributed by atoms with Gasteiger partial charge in [0.15, 0.2) is 6.61 Å². The Morgan fingerprint density at radius 1 is 1.14 bits per heavy atom. The largest absolute Gasteiger partial charge is 0.484 e. The van der Waals surface area contributed by atoms with Gasteiger partial charge in [0.1, 0.15) is 11.6 Å². The van der Waals surface area contributed by atoms with Crippen LogP contribution in [0.1, 0.15) is 37.6 Å². The van der Waals surface area contributed by atoms with Crippen LogP contribution in [0.15, 0.2) is 48.8 Å². The zero-order valence-corrected chi connectivity index (χ0v) is 16.8. The van der Waals surface area contributed by atoms with E-state index in [0.717, 1.165) is 28.4 Å². The molecule has 146 valence electrons. The van der Waals surface area contributed by atoms with Gasteiger partial charge in [-0.05, 0) is 57.5 Å². The zero-order valence-electron chi connectivity index (χ0n) is 16.8. The Kier molecular flexibility index (Phi) is 4.49. The van der Waals surface area contributed by atoms with Crippen LogP contribution in [-0.4, -0.2) is 31.8 Å². The Hall–Kier alpha value is -3.02. The summed E-state index contributed by atoms with van der Waals surface area (Å²) in [4.78, 5) is 14.5. The van der Waals surface area contributed by atoms with Gasteiger partial charge in [0.2, 0.25) is 0 Å². The van der Waals surface area contributed by atoms with E-state index in [0.29, 0.717) is 13.1 Å². The van der Waals surface area contributed by atoms with Crippen molar-refractivity contribution in [2.45, 2.75) is 46.3 Å². The smallest absolute Gasteiger partial charge is 0.261 e. The van der Waals surface area contributed by atoms with Crippen molar-refractivity contribution in [3.05, 3.63) is 65.6 Å². The summed E-state index contributed by atoms with van der Waals surface area (Å²) >= 11 is 0. The second kappa shape index (κ2) is 6.86. The molecule has 0 saturated carbocycles. The average molecular weight is 378 g/mol. The molecule has 1 aromatic carbocycles. The maximum Gasteiger partial charge on any atom is 0.261 e. The average Bonchev–Trinajstić information content (AvgIpc) is 3.34. The van der Waals surface area contributed by atoms with Gasteiger partial charge in [0.25, 0.3) is 5.91 Å². The highest BCUT2D eigenvalue weighted by Crippen LogP contribution is 2.32. The molecule has 0 aliphatic carbocycles. The number of fused-ring (bicyclic) bond motifs is 1. The second-order valence-corrected chi connectivity index (χ2v) is 8.28. The molecule has 0 atom stereocenters. The lowest BCUT2D eigenvalue weighted by molar-refractivity contribution is -0.134. The van der Waals surface area contributed by atoms with Crippen LogP contribution >= 0.6 is 0 Å². The molecule has 0 N–H and O–H groups in total. The van der Waals surface area contributed by atoms with Crippen LogP contribution < -0.4 is 4.74 Å². The van der Waals surface area contributed by atoms with Crippen molar-refractivity contribution in [3.63, 3.8) is 0 Å². The Bertz CT molecular complexity index is 996. The molecular weight excluding hydrogens is 352 g/mol. The van der Waals surface area contributed by atoms with Crippen molar-refractivity contribution in [2.24, 2.45) is 0 Å². The lowest BCUT2D eigenvalue weighted by Gasteiger charge is -2.24. The summed E-state index contributed by atoms with van der Waals surface area (Å²) in [5.41, 5.74) is 3.03. The summed E-state index contributed by atoms with van der Waals surface area (Å²) in [5, 5.41) is 4.84. The van der Waals surface area contributed by atoms with Crippen LogP contribution in [0, 0.1) is 6.92 Å². The zero-order chi connectivity index (χ0) is 19.9. The SMILES string of the molecule is Cc1cccc(OCC(=O)N2Cc3nn(C(C)(C)C)c(-n4cccc4)c3C2)c1. The van der Waals surface area contributed by atoms with Crippen LogP contribution in [0.25, 0.3) is 5.82 Å². The fourth-order valence-corrected chi connectivity index (χ4v) is 3.53. The first-order valence-corrected chi connectivity index (χ1v) is 9.55. The molecule has 2 aromatic heterocycles. The summed E-state index contributed by atoms with van der Waals surface area (Å²) in [5.74, 6) is 1.72. The first-order valence-electron chi connectivity index (χ1n) is 9.55. The summed E-state index contributed by atoms with van der Waals surface area (Å²) in [7, 11) is 0. The Balaban J connectivity index is 1.53. The molecular formula is C22H26N4O2. The third-order valence-corrected chi connectivity index (χ3v) is 4.92. The molecule has 28 heavy (non-hydrogen) atoms. The number of rotatable bonds is 4. The predicted molar refractivity (Wildman–Crippen MR) is 107 cm³/mol. The van der Waals surface area contributed by atoms with Gasteiger partial charge in [-0.2, -0.15) is 5.10 Å². The standard InChI is InChI=1S/C22H26N4O2/c1-16-8-7-9-17(12-16)28-15-20(27)25-13-18-19(14-25)23-26(22(2,3)4)21(18)24-10-5-6-11-24/h5-12H,13-15H2,1-4H3. The van der Waals surface area contributed by atoms with Crippen molar-refractivity contribution >= 4 is 5.91 Å². The summed E-state index contributed by atoms with van der Waals surface area (Å²) in [6.45, 7) is 9.52. The van der Waals surface area contributed by atoms with E-state index in [9.17, 15) is 4.79 Å². The number of carbonyl (C=O) groups is 1. The number of aromatic nitrogens is 3. The summed E-state index contributed by atoms with van der Waals surface area (Å²) in [6.07, 6.45) is 4.04. The van der Waals surface area contributed by atoms with Crippen LogP contribution in [0.4, 0.5) is 0 Å². The minimum atomic E-state index is -0.146. The number of carbonyl (C=O) groups excluding carboxylic acids is 1. The maximum absolute atomic E-state index is 12.7. The first kappa shape index (κ1) is 18.3. The number of nitrogens with zero attached hydrogens (tertiary/aromatic N) is 4. The van der Waals surface area contributed by atoms with Gasteiger partial charge >= 0.3 is 0 Å². The van der Waals surface area contributed by atoms with E-state index in [-0.39, 0.29) is 18.1 Å². The van der Waals surface area contributed by atoms with Crippen LogP contribution in [0.3, 0.4) is 0 Å². The highest BCUT2D eigenvalue weighted by atomic mass is 16.5. The van der Waals surface area contributed by atoms with E-state index in [1.54, 1.807) is 0 Å². The minimum absolute atomic E-state index is 0.0275. The molecule has 6 heteroatoms. The minimum Gasteiger partial charge on any atom is -0.484 e. The number of benzene rings is 1. The monoisotopic (exact) mass is 378 g/mol. The Morgan fingerprint density at radius 2 is 1.89 bits per heavy atom. The number of amides is 1. The second-order valence-electron chi connectivity index (χ2n) is 8.28. The van der Waals surface area contributed by atoms with Gasteiger partial charge in [-0.25, -0.2) is 4.68 Å². The van der Waals surface area contributed by atoms with Crippen LogP contribution in [0.5, 0.6) is 5.75 Å². The third-order valence-electron chi connectivity index (χ3n) is 4.92. The van der Waals surface area contributed by atoms with Crippen molar-refractivity contribution in [2.75, 3.05) is 6.61 Å². The fraction of sp³-hybridized carbons (Fsp3) is 0.364. The first-order chi connectivity index (χ1) is 13.3. The molecule has 0 radical (unpaired) electrons. The Labute approximate surface area is 165 Å². The van der Waals surface area contributed by atoms with Crippen molar-refractivity contribution in [3.8, 4) is 11.6 Å². The molecule has 6 nitrogen and oxygen atoms in total. The lowest BCUT2D eigenvalue weighted by atomic mass is 10.1. The molecule has 3 heterocycles. The van der Waals surface area contributed by atoms with E-state index in [4.69, 9.17) is 9.84 Å². The van der Waals surface area contributed by atoms with Crippen molar-refractivity contribution in [1.82, 2.24) is 19.2 Å². The van der Waals surface area contributed by atoms with Crippen LogP contribution in [-0.2, 0) is 23.4 Å². The molecule has 4 rings (SSSR count). The number of hydrogen-bond acceptors (Lipinski definition) is 3. The van der Waals surface area contributed by atoms with Crippen LogP contribution in [0.2, 0.25) is 0 Å². The summed E-state index contributed by atoms with van der Waals surface area (Å²) < 4.78 is 9.83. The molecule has 1 amide bonds. The highest BCUT2D eigenvalue weighted by Gasteiger charge is 2.33. The Morgan fingerprint density at radius 3 is 2.57 bits per heavy atom. The lowest BCUT2D eigenvalue weighted by Crippen LogP contribution is -2.32. The van der Waals surface area contributed by atoms with E-state index in [1.807, 2.05) is 60.6 Å². The molecule has 1 aliphatic rings. The van der Waals surface area contributed by atoms with E-state index in [1.165, 1.54) is 0 Å². The summed E-state index contributed by atoms with van der Waals surface area (Å²) in [6, 6.07) is 11.7. The molecule has 0 saturated heterocycles. The molecule has 0 fully saturated rings. The van der Waals surface area contributed by atoms with E-state index >= 15 is 0 Å². The number of aryl methyl sites for hydroxylation is 1. The normalized spacial score (nSPS) is 13.6. The van der Waals surface area contributed by atoms with Crippen molar-refractivity contribution in [1.29, 1.82) is 0 Å². The van der Waals surface area contributed by atoms with Gasteiger partial charge < -0.3 is 14.2 Å². The van der Waals surface area contributed by atoms with Gasteiger partial charge in [0.05, 0.1) is 24.3 Å². The van der Waals surface area contributed by atoms with E-state index in [2.05, 4.69) is 30.0 Å². The van der Waals surface area contributed by atoms with Crippen molar-refractivity contribution < 1.29 is 9.53 Å². The fourth-order valence-electron chi connectivity index (χ4n) is 3.53. The van der Waals surface area contributed by atoms with Gasteiger partial charge in [-0.15, -0.1) is 0 Å². The van der Waals surface area contributed by atoms with E-state index < -0.39 is 0 Å². The molecule has 1 aliphatic heterocycles. The van der Waals surface area contributed by atoms with Gasteiger partial charge in [0, 0.05) is 18.0 Å². The molecule has 0 unspecified atom stereocenters. The maximum atomic E-state index is 12.7. The third kappa shape index (κ3) is 3.42. The molecule has 0 bridgehead atoms. The quantitative estimate of drug-likeness (QED) is 0.696. The topological polar surface area (TPSA) is 52.3 Å². The van der Waals surface area contributed by atoms with Gasteiger partial charge in [-0.1, -0.05) is 12.1 Å². The number of ether oxygens (including phenoxy) is 1. The predicted octanol–water partition coefficient (Wildman–Crippen LogP) is 3.66. The van der Waals surface area contributed by atoms with Gasteiger partial charge in [-0.3, -0.25) is 4.79 Å². The molecule has 3 aromatic rings. The molecule has 0 spiro atoms.